The molecule has 0 amide bonds. The second-order valence-corrected chi connectivity index (χ2v) is 13.1. The fourth-order valence-electron chi connectivity index (χ4n) is 5.96. The van der Waals surface area contributed by atoms with Crippen LogP contribution >= 0.6 is 38.9 Å². The summed E-state index contributed by atoms with van der Waals surface area (Å²) >= 11 is 11.1. The van der Waals surface area contributed by atoms with Crippen molar-refractivity contribution in [3.05, 3.63) is 148 Å². The first-order valence-electron chi connectivity index (χ1n) is 14.5. The Hall–Kier alpha value is -4.11. The predicted molar refractivity (Wildman–Crippen MR) is 182 cm³/mol. The third kappa shape index (κ3) is 5.63. The zero-order valence-electron chi connectivity index (χ0n) is 24.6. The number of ether oxygens (including phenoxy) is 3. The van der Waals surface area contributed by atoms with Crippen LogP contribution in [-0.2, 0) is 13.0 Å². The lowest BCUT2D eigenvalue weighted by molar-refractivity contribution is 0.282. The van der Waals surface area contributed by atoms with E-state index < -0.39 is 0 Å². The molecule has 0 fully saturated rings. The molecule has 2 aliphatic rings. The van der Waals surface area contributed by atoms with E-state index >= 15 is 0 Å². The molecular weight excluding hydrogens is 672 g/mol. The number of thiazole rings is 1. The Labute approximate surface area is 277 Å². The Morgan fingerprint density at radius 3 is 2.53 bits per heavy atom. The summed E-state index contributed by atoms with van der Waals surface area (Å²) in [5, 5.41) is 0.674. The molecule has 7 rings (SSSR count). The number of nitrogens with zero attached hydrogens (tertiary/aromatic N) is 2. The highest BCUT2D eigenvalue weighted by Crippen LogP contribution is 2.42. The Morgan fingerprint density at radius 2 is 1.78 bits per heavy atom. The van der Waals surface area contributed by atoms with Gasteiger partial charge < -0.3 is 14.2 Å². The molecule has 0 N–H and O–H groups in total. The van der Waals surface area contributed by atoms with Gasteiger partial charge in [-0.1, -0.05) is 71.5 Å². The number of benzene rings is 4. The number of allylic oxidation sites excluding steroid dienone is 1. The number of aromatic nitrogens is 1. The van der Waals surface area contributed by atoms with E-state index in [9.17, 15) is 4.79 Å². The van der Waals surface area contributed by atoms with Gasteiger partial charge in [0.15, 0.2) is 16.3 Å². The molecule has 2 heterocycles. The largest absolute Gasteiger partial charge is 0.497 e. The number of hydrogen-bond acceptors (Lipinski definition) is 6. The quantitative estimate of drug-likeness (QED) is 0.179. The zero-order valence-corrected chi connectivity index (χ0v) is 27.7. The van der Waals surface area contributed by atoms with Crippen LogP contribution in [0.5, 0.6) is 17.2 Å². The van der Waals surface area contributed by atoms with Gasteiger partial charge in [0.05, 0.1) is 35.0 Å². The van der Waals surface area contributed by atoms with Gasteiger partial charge in [0.2, 0.25) is 0 Å². The van der Waals surface area contributed by atoms with Gasteiger partial charge in [-0.15, -0.1) is 0 Å². The average Bonchev–Trinajstić information content (AvgIpc) is 3.37. The molecule has 45 heavy (non-hydrogen) atoms. The Balaban J connectivity index is 1.32. The monoisotopic (exact) mass is 698 g/mol. The van der Waals surface area contributed by atoms with Crippen LogP contribution in [0.1, 0.15) is 40.3 Å². The molecule has 1 aliphatic carbocycles. The summed E-state index contributed by atoms with van der Waals surface area (Å²) in [7, 11) is 3.26. The Bertz CT molecular complexity index is 2140. The molecule has 6 nitrogen and oxygen atoms in total. The van der Waals surface area contributed by atoms with Gasteiger partial charge in [0.1, 0.15) is 12.4 Å². The predicted octanol–water partition coefficient (Wildman–Crippen LogP) is 7.33. The van der Waals surface area contributed by atoms with E-state index in [0.717, 1.165) is 56.6 Å². The Morgan fingerprint density at radius 1 is 1.00 bits per heavy atom. The minimum atomic E-state index is -0.262. The van der Waals surface area contributed by atoms with Gasteiger partial charge in [0.25, 0.3) is 5.56 Å². The van der Waals surface area contributed by atoms with Crippen LogP contribution in [0.4, 0.5) is 0 Å². The van der Waals surface area contributed by atoms with Crippen molar-refractivity contribution < 1.29 is 14.2 Å². The topological polar surface area (TPSA) is 62.0 Å². The third-order valence-corrected chi connectivity index (χ3v) is 9.97. The summed E-state index contributed by atoms with van der Waals surface area (Å²) in [4.78, 5) is 20.0. The van der Waals surface area contributed by atoms with Crippen molar-refractivity contribution in [2.45, 2.75) is 25.5 Å². The van der Waals surface area contributed by atoms with E-state index in [-0.39, 0.29) is 11.6 Å². The van der Waals surface area contributed by atoms with Crippen molar-refractivity contribution >= 4 is 50.6 Å². The van der Waals surface area contributed by atoms with Crippen LogP contribution in [0.2, 0.25) is 5.02 Å². The second-order valence-electron chi connectivity index (χ2n) is 10.8. The van der Waals surface area contributed by atoms with Crippen molar-refractivity contribution in [2.24, 2.45) is 4.99 Å². The van der Waals surface area contributed by atoms with Crippen LogP contribution in [0.3, 0.4) is 0 Å². The summed E-state index contributed by atoms with van der Waals surface area (Å²) in [5.74, 6) is 1.91. The molecule has 0 radical (unpaired) electrons. The molecule has 1 aromatic heterocycles. The highest BCUT2D eigenvalue weighted by atomic mass is 79.9. The van der Waals surface area contributed by atoms with E-state index in [1.165, 1.54) is 16.9 Å². The summed E-state index contributed by atoms with van der Waals surface area (Å²) in [6.07, 6.45) is 3.63. The van der Waals surface area contributed by atoms with Crippen molar-refractivity contribution in [2.75, 3.05) is 14.2 Å². The number of hydrogen-bond donors (Lipinski definition) is 0. The molecular formula is C36H28BrClN2O4S. The first-order valence-corrected chi connectivity index (χ1v) is 16.4. The van der Waals surface area contributed by atoms with Gasteiger partial charge in [-0.2, -0.15) is 0 Å². The van der Waals surface area contributed by atoms with Crippen LogP contribution in [-0.4, -0.2) is 18.8 Å². The summed E-state index contributed by atoms with van der Waals surface area (Å²) < 4.78 is 20.4. The van der Waals surface area contributed by atoms with E-state index in [1.54, 1.807) is 14.2 Å². The lowest BCUT2D eigenvalue weighted by Gasteiger charge is -2.30. The van der Waals surface area contributed by atoms with Crippen molar-refractivity contribution in [3.8, 4) is 17.2 Å². The average molecular weight is 700 g/mol. The molecule has 0 spiro atoms. The maximum Gasteiger partial charge on any atom is 0.271 e. The third-order valence-electron chi connectivity index (χ3n) is 8.15. The molecule has 226 valence electrons. The summed E-state index contributed by atoms with van der Waals surface area (Å²) in [5.41, 5.74) is 7.27. The zero-order chi connectivity index (χ0) is 31.1. The molecule has 1 atom stereocenters. The second kappa shape index (κ2) is 12.4. The van der Waals surface area contributed by atoms with Gasteiger partial charge in [-0.3, -0.25) is 9.36 Å². The van der Waals surface area contributed by atoms with E-state index in [4.69, 9.17) is 30.8 Å². The van der Waals surface area contributed by atoms with Crippen LogP contribution in [0.25, 0.3) is 11.8 Å². The molecule has 5 aromatic rings. The smallest absolute Gasteiger partial charge is 0.271 e. The lowest BCUT2D eigenvalue weighted by Crippen LogP contribution is -2.38. The fourth-order valence-corrected chi connectivity index (χ4v) is 7.66. The van der Waals surface area contributed by atoms with Crippen molar-refractivity contribution in [1.82, 2.24) is 4.57 Å². The first kappa shape index (κ1) is 29.6. The maximum atomic E-state index is 14.2. The van der Waals surface area contributed by atoms with E-state index in [0.29, 0.717) is 32.5 Å². The van der Waals surface area contributed by atoms with Gasteiger partial charge >= 0.3 is 0 Å². The molecule has 0 unspecified atom stereocenters. The number of fused-ring (bicyclic) bond motifs is 3. The number of aryl methyl sites for hydroxylation is 1. The highest BCUT2D eigenvalue weighted by molar-refractivity contribution is 9.10. The molecule has 9 heteroatoms. The highest BCUT2D eigenvalue weighted by Gasteiger charge is 2.32. The summed E-state index contributed by atoms with van der Waals surface area (Å²) in [6.45, 7) is 0.350. The Kier molecular flexibility index (Phi) is 8.12. The molecule has 0 bridgehead atoms. The van der Waals surface area contributed by atoms with Crippen LogP contribution in [0.15, 0.2) is 105 Å². The maximum absolute atomic E-state index is 14.2. The van der Waals surface area contributed by atoms with E-state index in [2.05, 4.69) is 40.2 Å². The lowest BCUT2D eigenvalue weighted by atomic mass is 9.83. The van der Waals surface area contributed by atoms with Crippen molar-refractivity contribution in [3.63, 3.8) is 0 Å². The van der Waals surface area contributed by atoms with Gasteiger partial charge in [0, 0.05) is 10.6 Å². The fraction of sp³-hybridized carbons (Fsp3) is 0.167. The SMILES string of the molecule is COc1ccc([C@H]2C3=C(N=c4s/c(=C/c5cc(Br)c(OCc6ccc(Cl)cc6)c(OC)c5)c(=O)n42)c2ccccc2CC3)cc1. The van der Waals surface area contributed by atoms with Crippen LogP contribution in [0, 0.1) is 0 Å². The van der Waals surface area contributed by atoms with Crippen molar-refractivity contribution in [1.29, 1.82) is 0 Å². The molecule has 0 saturated carbocycles. The minimum absolute atomic E-state index is 0.0804. The van der Waals surface area contributed by atoms with Gasteiger partial charge in [-0.25, -0.2) is 4.99 Å². The number of rotatable bonds is 7. The van der Waals surface area contributed by atoms with Crippen LogP contribution < -0.4 is 29.1 Å². The first-order chi connectivity index (χ1) is 21.9. The molecule has 0 saturated heterocycles. The number of halogens is 2. The standard InChI is InChI=1S/C36H28BrClN2O4S/c1-42-26-14-9-24(10-15-26)33-28-16-11-23-5-3-4-6-27(23)32(28)39-36-40(33)35(41)31(45-36)19-22-17-29(37)34(30(18-22)43-2)44-20-21-7-12-25(38)13-8-21/h3-10,12-15,17-19,33H,11,16,20H2,1-2H3/b31-19+/t33-/m0/s1. The minimum Gasteiger partial charge on any atom is -0.497 e. The molecule has 1 aliphatic heterocycles. The van der Waals surface area contributed by atoms with Gasteiger partial charge in [-0.05, 0) is 99.1 Å². The van der Waals surface area contributed by atoms with E-state index in [1.807, 2.05) is 71.3 Å². The summed E-state index contributed by atoms with van der Waals surface area (Å²) in [6, 6.07) is 27.5. The number of methoxy groups -OCH3 is 2. The normalized spacial score (nSPS) is 15.6. The molecule has 4 aromatic carbocycles.